The molecule has 0 unspecified atom stereocenters. The molecule has 0 radical (unpaired) electrons. The smallest absolute Gasteiger partial charge is 0.251 e. The van der Waals surface area contributed by atoms with Crippen molar-refractivity contribution >= 4 is 29.1 Å². The van der Waals surface area contributed by atoms with Gasteiger partial charge in [0.1, 0.15) is 23.3 Å². The Bertz CT molecular complexity index is 1320. The van der Waals surface area contributed by atoms with Crippen LogP contribution in [0.3, 0.4) is 0 Å². The highest BCUT2D eigenvalue weighted by molar-refractivity contribution is 6.31. The van der Waals surface area contributed by atoms with Crippen molar-refractivity contribution < 1.29 is 27.2 Å². The molecule has 0 aromatic heterocycles. The fourth-order valence-corrected chi connectivity index (χ4v) is 4.53. The summed E-state index contributed by atoms with van der Waals surface area (Å²) in [6, 6.07) is 8.77. The maximum absolute atomic E-state index is 14.4. The summed E-state index contributed by atoms with van der Waals surface area (Å²) in [5, 5.41) is 2.66. The van der Waals surface area contributed by atoms with Gasteiger partial charge >= 0.3 is 0 Å². The predicted molar refractivity (Wildman–Crippen MR) is 124 cm³/mol. The zero-order valence-electron chi connectivity index (χ0n) is 19.1. The first kappa shape index (κ1) is 24.7. The molecular formula is C26H21ClF4N2O2. The quantitative estimate of drug-likeness (QED) is 0.420. The number of rotatable bonds is 5. The van der Waals surface area contributed by atoms with Crippen LogP contribution in [0.15, 0.2) is 48.5 Å². The number of carbonyl (C=O) groups excluding carboxylic acids is 2. The van der Waals surface area contributed by atoms with Gasteiger partial charge in [-0.05, 0) is 50.6 Å². The molecule has 3 aromatic carbocycles. The number of carbonyl (C=O) groups is 2. The molecule has 9 heteroatoms. The Morgan fingerprint density at radius 1 is 1.03 bits per heavy atom. The SMILES string of the molecule is C[C@H](NC(=O)c1ccc2c(c1)N(Cc1c(F)cccc1Cl)C(=O)C2(C)C)c1c(F)cc(F)cc1F. The molecule has 0 aliphatic carbocycles. The van der Waals surface area contributed by atoms with Gasteiger partial charge in [0.05, 0.1) is 18.0 Å². The van der Waals surface area contributed by atoms with E-state index in [2.05, 4.69) is 5.32 Å². The number of fused-ring (bicyclic) bond motifs is 1. The monoisotopic (exact) mass is 504 g/mol. The average Bonchev–Trinajstić information content (AvgIpc) is 2.95. The first-order valence-electron chi connectivity index (χ1n) is 10.8. The topological polar surface area (TPSA) is 49.4 Å². The molecule has 3 aromatic rings. The third-order valence-corrected chi connectivity index (χ3v) is 6.56. The van der Waals surface area contributed by atoms with Crippen LogP contribution < -0.4 is 10.2 Å². The molecule has 4 rings (SSSR count). The van der Waals surface area contributed by atoms with Gasteiger partial charge in [-0.25, -0.2) is 17.6 Å². The molecule has 1 heterocycles. The van der Waals surface area contributed by atoms with Crippen molar-refractivity contribution in [1.29, 1.82) is 0 Å². The maximum atomic E-state index is 14.4. The highest BCUT2D eigenvalue weighted by atomic mass is 35.5. The molecule has 4 nitrogen and oxygen atoms in total. The number of halogens is 5. The number of benzene rings is 3. The van der Waals surface area contributed by atoms with E-state index >= 15 is 0 Å². The Balaban J connectivity index is 1.66. The zero-order valence-corrected chi connectivity index (χ0v) is 19.8. The van der Waals surface area contributed by atoms with Crippen molar-refractivity contribution in [3.05, 3.63) is 99.1 Å². The van der Waals surface area contributed by atoms with Crippen LogP contribution in [0.2, 0.25) is 5.02 Å². The summed E-state index contributed by atoms with van der Waals surface area (Å²) >= 11 is 6.16. The van der Waals surface area contributed by atoms with Gasteiger partial charge in [0.2, 0.25) is 5.91 Å². The molecule has 0 fully saturated rings. The lowest BCUT2D eigenvalue weighted by molar-refractivity contribution is -0.122. The number of hydrogen-bond donors (Lipinski definition) is 1. The molecular weight excluding hydrogens is 484 g/mol. The van der Waals surface area contributed by atoms with Crippen LogP contribution in [0, 0.1) is 23.3 Å². The minimum atomic E-state index is -1.12. The predicted octanol–water partition coefficient (Wildman–Crippen LogP) is 6.21. The Morgan fingerprint density at radius 3 is 2.31 bits per heavy atom. The third-order valence-electron chi connectivity index (χ3n) is 6.21. The summed E-state index contributed by atoms with van der Waals surface area (Å²) < 4.78 is 55.9. The highest BCUT2D eigenvalue weighted by Crippen LogP contribution is 2.43. The molecule has 1 aliphatic heterocycles. The first-order valence-corrected chi connectivity index (χ1v) is 11.1. The minimum absolute atomic E-state index is 0.119. The van der Waals surface area contributed by atoms with Crippen molar-refractivity contribution in [2.24, 2.45) is 0 Å². The van der Waals surface area contributed by atoms with Gasteiger partial charge in [-0.2, -0.15) is 0 Å². The van der Waals surface area contributed by atoms with Crippen molar-refractivity contribution in [3.63, 3.8) is 0 Å². The van der Waals surface area contributed by atoms with Crippen molar-refractivity contribution in [2.45, 2.75) is 38.8 Å². The van der Waals surface area contributed by atoms with Gasteiger partial charge in [0.15, 0.2) is 0 Å². The Kier molecular flexibility index (Phi) is 6.36. The van der Waals surface area contributed by atoms with Gasteiger partial charge in [-0.15, -0.1) is 0 Å². The zero-order chi connectivity index (χ0) is 25.7. The second kappa shape index (κ2) is 9.00. The summed E-state index contributed by atoms with van der Waals surface area (Å²) in [5.41, 5.74) is -0.122. The van der Waals surface area contributed by atoms with Crippen LogP contribution in [0.4, 0.5) is 23.2 Å². The van der Waals surface area contributed by atoms with E-state index < -0.39 is 46.2 Å². The van der Waals surface area contributed by atoms with Crippen molar-refractivity contribution in [3.8, 4) is 0 Å². The Labute approximate surface area is 204 Å². The Morgan fingerprint density at radius 2 is 1.69 bits per heavy atom. The van der Waals surface area contributed by atoms with E-state index in [0.29, 0.717) is 23.4 Å². The summed E-state index contributed by atoms with van der Waals surface area (Å²) in [7, 11) is 0. The van der Waals surface area contributed by atoms with Gasteiger partial charge < -0.3 is 10.2 Å². The normalized spacial score (nSPS) is 15.2. The average molecular weight is 505 g/mol. The molecule has 2 amide bonds. The molecule has 1 atom stereocenters. The van der Waals surface area contributed by atoms with E-state index in [9.17, 15) is 27.2 Å². The second-order valence-corrected chi connectivity index (χ2v) is 9.33. The molecule has 0 bridgehead atoms. The molecule has 35 heavy (non-hydrogen) atoms. The van der Waals surface area contributed by atoms with Crippen LogP contribution in [0.25, 0.3) is 0 Å². The van der Waals surface area contributed by atoms with E-state index in [0.717, 1.165) is 0 Å². The van der Waals surface area contributed by atoms with E-state index in [1.807, 2.05) is 0 Å². The summed E-state index contributed by atoms with van der Waals surface area (Å²) in [6.45, 7) is 4.66. The number of anilines is 1. The lowest BCUT2D eigenvalue weighted by Gasteiger charge is -2.21. The fourth-order valence-electron chi connectivity index (χ4n) is 4.30. The largest absolute Gasteiger partial charge is 0.345 e. The summed E-state index contributed by atoms with van der Waals surface area (Å²) in [6.07, 6.45) is 0. The summed E-state index contributed by atoms with van der Waals surface area (Å²) in [5.74, 6) is -4.84. The minimum Gasteiger partial charge on any atom is -0.345 e. The molecule has 0 saturated carbocycles. The van der Waals surface area contributed by atoms with E-state index in [4.69, 9.17) is 11.6 Å². The van der Waals surface area contributed by atoms with Crippen LogP contribution in [-0.4, -0.2) is 11.8 Å². The van der Waals surface area contributed by atoms with Crippen LogP contribution in [0.1, 0.15) is 53.9 Å². The Hall–Kier alpha value is -3.39. The highest BCUT2D eigenvalue weighted by Gasteiger charge is 2.44. The van der Waals surface area contributed by atoms with Crippen LogP contribution >= 0.6 is 11.6 Å². The fraction of sp³-hybridized carbons (Fsp3) is 0.231. The number of hydrogen-bond acceptors (Lipinski definition) is 2. The molecule has 1 aliphatic rings. The third kappa shape index (κ3) is 4.38. The van der Waals surface area contributed by atoms with Gasteiger partial charge in [0, 0.05) is 39.5 Å². The summed E-state index contributed by atoms with van der Waals surface area (Å²) in [4.78, 5) is 27.5. The van der Waals surface area contributed by atoms with E-state index in [-0.39, 0.29) is 28.6 Å². The lowest BCUT2D eigenvalue weighted by atomic mass is 9.86. The number of nitrogens with zero attached hydrogens (tertiary/aromatic N) is 1. The van der Waals surface area contributed by atoms with Crippen LogP contribution in [-0.2, 0) is 16.8 Å². The van der Waals surface area contributed by atoms with E-state index in [1.54, 1.807) is 19.9 Å². The van der Waals surface area contributed by atoms with Gasteiger partial charge in [0.25, 0.3) is 5.91 Å². The van der Waals surface area contributed by atoms with Gasteiger partial charge in [-0.1, -0.05) is 23.7 Å². The molecule has 182 valence electrons. The standard InChI is InChI=1S/C26H21ClF4N2O2/c1-13(23-20(30)10-15(28)11-21(23)31)32-24(34)14-7-8-17-22(9-14)33(25(35)26(17,2)3)12-16-18(27)5-4-6-19(16)29/h4-11,13H,12H2,1-3H3,(H,32,34)/t13-/m0/s1. The van der Waals surface area contributed by atoms with E-state index in [1.165, 1.54) is 42.2 Å². The second-order valence-electron chi connectivity index (χ2n) is 8.93. The van der Waals surface area contributed by atoms with Crippen molar-refractivity contribution in [2.75, 3.05) is 4.90 Å². The number of nitrogens with one attached hydrogen (secondary N) is 1. The van der Waals surface area contributed by atoms with Crippen molar-refractivity contribution in [1.82, 2.24) is 5.32 Å². The van der Waals surface area contributed by atoms with Gasteiger partial charge in [-0.3, -0.25) is 9.59 Å². The first-order chi connectivity index (χ1) is 16.4. The number of amides is 2. The maximum Gasteiger partial charge on any atom is 0.251 e. The van der Waals surface area contributed by atoms with Crippen LogP contribution in [0.5, 0.6) is 0 Å². The molecule has 0 saturated heterocycles. The molecule has 1 N–H and O–H groups in total. The molecule has 0 spiro atoms. The lowest BCUT2D eigenvalue weighted by Crippen LogP contribution is -2.36.